The van der Waals surface area contributed by atoms with E-state index in [4.69, 9.17) is 11.6 Å². The minimum Gasteiger partial charge on any atom is -0.367 e. The maximum Gasteiger partial charge on any atom is 0.256 e. The summed E-state index contributed by atoms with van der Waals surface area (Å²) in [6.45, 7) is 6.69. The molecule has 3 aliphatic heterocycles. The smallest absolute Gasteiger partial charge is 0.256 e. The molecule has 2 N–H and O–H groups in total. The van der Waals surface area contributed by atoms with Crippen LogP contribution in [0.15, 0.2) is 103 Å². The van der Waals surface area contributed by atoms with Gasteiger partial charge in [-0.25, -0.2) is 0 Å². The summed E-state index contributed by atoms with van der Waals surface area (Å²) in [5, 5.41) is 7.08. The Kier molecular flexibility index (Phi) is 11.0. The third kappa shape index (κ3) is 8.44. The lowest BCUT2D eigenvalue weighted by Gasteiger charge is -2.39. The molecule has 2 saturated heterocycles. The molecule has 2 atom stereocenters. The Morgan fingerprint density at radius 1 is 0.725 bits per heavy atom. The maximum atomic E-state index is 14.1. The minimum atomic E-state index is -0.724. The van der Waals surface area contributed by atoms with Gasteiger partial charge in [0.05, 0.1) is 11.6 Å². The zero-order chi connectivity index (χ0) is 35.2. The van der Waals surface area contributed by atoms with Crippen LogP contribution in [0, 0.1) is 0 Å². The van der Waals surface area contributed by atoms with E-state index in [1.165, 1.54) is 11.1 Å². The Labute approximate surface area is 306 Å². The summed E-state index contributed by atoms with van der Waals surface area (Å²) in [4.78, 5) is 50.0. The summed E-state index contributed by atoms with van der Waals surface area (Å²) >= 11 is 6.15. The predicted molar refractivity (Wildman–Crippen MR) is 203 cm³/mol. The largest absolute Gasteiger partial charge is 0.367 e. The highest BCUT2D eigenvalue weighted by Crippen LogP contribution is 2.25. The van der Waals surface area contributed by atoms with E-state index in [-0.39, 0.29) is 19.1 Å². The fraction of sp³-hybridized carbons (Fsp3) is 0.341. The number of carbonyl (C=O) groups is 3. The predicted octanol–water partition coefficient (Wildman–Crippen LogP) is 4.63. The average Bonchev–Trinajstić information content (AvgIpc) is 3.18. The maximum absolute atomic E-state index is 14.1. The zero-order valence-corrected chi connectivity index (χ0v) is 29.6. The van der Waals surface area contributed by atoms with Crippen molar-refractivity contribution >= 4 is 35.0 Å². The van der Waals surface area contributed by atoms with Crippen molar-refractivity contribution < 1.29 is 15.8 Å². The molecule has 0 spiro atoms. The number of halogens is 1. The molecule has 4 aromatic rings. The highest BCUT2D eigenvalue weighted by Gasteiger charge is 2.33. The number of nitrogens with one attached hydrogen (secondary N) is 2. The SMILES string of the molecule is O=C(N[C@H](Cc1ccc(Cl)cc1)C(=O)N1CCN(c2ccccc2C(=O)N2CCN(Cc3ccccc3)CC2)CC1)[C@@H]1Cc2ccccc2CN1.[HH]. The van der Waals surface area contributed by atoms with Crippen LogP contribution < -0.4 is 15.5 Å². The van der Waals surface area contributed by atoms with Crippen LogP contribution in [0.5, 0.6) is 0 Å². The number of anilines is 1. The number of piperazine rings is 2. The van der Waals surface area contributed by atoms with Crippen LogP contribution in [0.2, 0.25) is 5.02 Å². The van der Waals surface area contributed by atoms with Gasteiger partial charge in [-0.05, 0) is 52.9 Å². The lowest BCUT2D eigenvalue weighted by molar-refractivity contribution is -0.137. The first-order valence-electron chi connectivity index (χ1n) is 17.9. The topological polar surface area (TPSA) is 88.2 Å². The molecule has 7 rings (SSSR count). The van der Waals surface area contributed by atoms with E-state index in [0.717, 1.165) is 36.4 Å². The number of rotatable bonds is 9. The van der Waals surface area contributed by atoms with Crippen molar-refractivity contribution in [2.75, 3.05) is 57.3 Å². The number of hydrogen-bond donors (Lipinski definition) is 2. The quantitative estimate of drug-likeness (QED) is 0.264. The number of fused-ring (bicyclic) bond motifs is 1. The van der Waals surface area contributed by atoms with Gasteiger partial charge in [-0.1, -0.05) is 90.5 Å². The van der Waals surface area contributed by atoms with Gasteiger partial charge in [0, 0.05) is 84.0 Å². The Balaban J connectivity index is 0.00000464. The monoisotopic (exact) mass is 706 g/mol. The molecular formula is C41H47ClN6O3. The second kappa shape index (κ2) is 16.1. The van der Waals surface area contributed by atoms with Gasteiger partial charge in [0.1, 0.15) is 6.04 Å². The lowest BCUT2D eigenvalue weighted by atomic mass is 9.95. The van der Waals surface area contributed by atoms with Crippen molar-refractivity contribution in [2.45, 2.75) is 38.0 Å². The van der Waals surface area contributed by atoms with Crippen molar-refractivity contribution in [1.29, 1.82) is 0 Å². The molecule has 266 valence electrons. The molecule has 0 radical (unpaired) electrons. The molecule has 2 fully saturated rings. The third-order valence-electron chi connectivity index (χ3n) is 10.3. The lowest BCUT2D eigenvalue weighted by Crippen LogP contribution is -2.58. The van der Waals surface area contributed by atoms with E-state index >= 15 is 0 Å². The Hall–Kier alpha value is -4.70. The first kappa shape index (κ1) is 34.7. The van der Waals surface area contributed by atoms with Crippen LogP contribution in [0.25, 0.3) is 0 Å². The van der Waals surface area contributed by atoms with Crippen molar-refractivity contribution in [2.24, 2.45) is 0 Å². The van der Waals surface area contributed by atoms with Gasteiger partial charge in [0.15, 0.2) is 0 Å². The Morgan fingerprint density at radius 2 is 1.37 bits per heavy atom. The van der Waals surface area contributed by atoms with Crippen LogP contribution in [-0.4, -0.2) is 96.9 Å². The molecular weight excluding hydrogens is 660 g/mol. The van der Waals surface area contributed by atoms with Gasteiger partial charge in [0.2, 0.25) is 11.8 Å². The van der Waals surface area contributed by atoms with Gasteiger partial charge in [-0.15, -0.1) is 0 Å². The van der Waals surface area contributed by atoms with Crippen molar-refractivity contribution in [1.82, 2.24) is 25.3 Å². The molecule has 0 aliphatic carbocycles. The summed E-state index contributed by atoms with van der Waals surface area (Å²) < 4.78 is 0. The molecule has 3 amide bonds. The van der Waals surface area contributed by atoms with Crippen molar-refractivity contribution in [3.8, 4) is 0 Å². The second-order valence-corrected chi connectivity index (χ2v) is 14.1. The van der Waals surface area contributed by atoms with Crippen LogP contribution in [-0.2, 0) is 35.5 Å². The minimum absolute atomic E-state index is 0. The standard InChI is InChI=1S/C41H45ClN6O3.H2/c42-34-16-14-30(15-17-34)26-37(44-39(49)36-27-32-10-4-5-11-33(32)28-43-36)41(51)48-24-22-46(23-25-48)38-13-7-6-12-35(38)40(50)47-20-18-45(19-21-47)29-31-8-2-1-3-9-31;/h1-17,36-37,43H,18-29H2,(H,44,49);1H/t36-,37+;/m0./s1. The average molecular weight is 707 g/mol. The van der Waals surface area contributed by atoms with Gasteiger partial charge in [-0.3, -0.25) is 19.3 Å². The number of benzene rings is 4. The first-order valence-corrected chi connectivity index (χ1v) is 18.3. The molecule has 0 unspecified atom stereocenters. The first-order chi connectivity index (χ1) is 24.9. The van der Waals surface area contributed by atoms with Gasteiger partial charge in [-0.2, -0.15) is 0 Å². The summed E-state index contributed by atoms with van der Waals surface area (Å²) in [5.74, 6) is -0.233. The Bertz CT molecular complexity index is 1830. The molecule has 0 saturated carbocycles. The van der Waals surface area contributed by atoms with Crippen LogP contribution in [0.3, 0.4) is 0 Å². The van der Waals surface area contributed by atoms with Crippen LogP contribution in [0.1, 0.15) is 34.0 Å². The van der Waals surface area contributed by atoms with Gasteiger partial charge >= 0.3 is 0 Å². The number of para-hydroxylation sites is 1. The number of carbonyl (C=O) groups excluding carboxylic acids is 3. The summed E-state index contributed by atoms with van der Waals surface area (Å²) in [6.07, 6.45) is 0.936. The van der Waals surface area contributed by atoms with Gasteiger partial charge in [0.25, 0.3) is 5.91 Å². The highest BCUT2D eigenvalue weighted by atomic mass is 35.5. The number of hydrogen-bond acceptors (Lipinski definition) is 6. The van der Waals surface area contributed by atoms with E-state index < -0.39 is 12.1 Å². The fourth-order valence-corrected chi connectivity index (χ4v) is 7.53. The van der Waals surface area contributed by atoms with E-state index in [0.29, 0.717) is 69.2 Å². The summed E-state index contributed by atoms with van der Waals surface area (Å²) in [7, 11) is 0. The van der Waals surface area contributed by atoms with Crippen LogP contribution in [0.4, 0.5) is 5.69 Å². The summed E-state index contributed by atoms with van der Waals surface area (Å²) in [5.41, 5.74) is 6.15. The molecule has 3 aliphatic rings. The molecule has 0 bridgehead atoms. The van der Waals surface area contributed by atoms with Crippen LogP contribution >= 0.6 is 11.6 Å². The molecule has 4 aromatic carbocycles. The summed E-state index contributed by atoms with van der Waals surface area (Å²) in [6, 6.07) is 32.7. The fourth-order valence-electron chi connectivity index (χ4n) is 7.41. The molecule has 51 heavy (non-hydrogen) atoms. The molecule has 9 nitrogen and oxygen atoms in total. The highest BCUT2D eigenvalue weighted by molar-refractivity contribution is 6.30. The molecule has 10 heteroatoms. The number of amides is 3. The van der Waals surface area contributed by atoms with Crippen molar-refractivity contribution in [3.63, 3.8) is 0 Å². The van der Waals surface area contributed by atoms with E-state index in [9.17, 15) is 14.4 Å². The third-order valence-corrected chi connectivity index (χ3v) is 10.6. The van der Waals surface area contributed by atoms with Gasteiger partial charge < -0.3 is 25.3 Å². The molecule has 3 heterocycles. The van der Waals surface area contributed by atoms with Crippen molar-refractivity contribution in [3.05, 3.63) is 136 Å². The van der Waals surface area contributed by atoms with E-state index in [1.807, 2.05) is 76.5 Å². The molecule has 0 aromatic heterocycles. The second-order valence-electron chi connectivity index (χ2n) is 13.7. The normalized spacial score (nSPS) is 18.5. The Morgan fingerprint density at radius 3 is 2.12 bits per heavy atom. The van der Waals surface area contributed by atoms with E-state index in [1.54, 1.807) is 0 Å². The number of nitrogens with zero attached hydrogens (tertiary/aromatic N) is 4. The zero-order valence-electron chi connectivity index (χ0n) is 28.8. The van der Waals surface area contributed by atoms with E-state index in [2.05, 4.69) is 56.8 Å².